The number of aliphatic hydroxyl groups is 1. The first kappa shape index (κ1) is 17.0. The van der Waals surface area contributed by atoms with Gasteiger partial charge in [0.2, 0.25) is 0 Å². The van der Waals surface area contributed by atoms with Crippen molar-refractivity contribution in [1.29, 1.82) is 0 Å². The van der Waals surface area contributed by atoms with Crippen LogP contribution in [0.4, 0.5) is 4.79 Å². The zero-order chi connectivity index (χ0) is 16.2. The SMILES string of the molecule is CCN(CC(=O)O)C1CC(NC(=O)NCC2(O)CCCC2)C1. The maximum atomic E-state index is 11.8. The standard InChI is InChI=1S/C15H27N3O4/c1-2-18(9-13(19)20)12-7-11(8-12)17-14(21)16-10-15(22)5-3-4-6-15/h11-12,22H,2-10H2,1H3,(H,19,20)(H2,16,17,21). The molecule has 2 amide bonds. The van der Waals surface area contributed by atoms with Gasteiger partial charge in [0.05, 0.1) is 12.1 Å². The number of urea groups is 1. The monoisotopic (exact) mass is 313 g/mol. The van der Waals surface area contributed by atoms with Crippen LogP contribution in [0.3, 0.4) is 0 Å². The maximum absolute atomic E-state index is 11.8. The summed E-state index contributed by atoms with van der Waals surface area (Å²) in [5.41, 5.74) is -0.736. The van der Waals surface area contributed by atoms with Crippen molar-refractivity contribution in [2.75, 3.05) is 19.6 Å². The number of carboxylic acid groups (broad SMARTS) is 1. The van der Waals surface area contributed by atoms with Gasteiger partial charge in [-0.15, -0.1) is 0 Å². The number of carbonyl (C=O) groups is 2. The van der Waals surface area contributed by atoms with Gasteiger partial charge in [0.25, 0.3) is 0 Å². The number of aliphatic carboxylic acids is 1. The van der Waals surface area contributed by atoms with Crippen LogP contribution in [-0.4, -0.2) is 64.4 Å². The van der Waals surface area contributed by atoms with E-state index >= 15 is 0 Å². The Balaban J connectivity index is 1.64. The lowest BCUT2D eigenvalue weighted by molar-refractivity contribution is -0.139. The fourth-order valence-electron chi connectivity index (χ4n) is 3.37. The molecular weight excluding hydrogens is 286 g/mol. The molecule has 7 nitrogen and oxygen atoms in total. The first-order valence-electron chi connectivity index (χ1n) is 8.14. The van der Waals surface area contributed by atoms with E-state index in [1.165, 1.54) is 0 Å². The average Bonchev–Trinajstić information content (AvgIpc) is 2.85. The summed E-state index contributed by atoms with van der Waals surface area (Å²) < 4.78 is 0. The molecule has 0 bridgehead atoms. The van der Waals surface area contributed by atoms with Gasteiger partial charge < -0.3 is 20.8 Å². The number of hydrogen-bond donors (Lipinski definition) is 4. The number of likely N-dealkylation sites (N-methyl/N-ethyl adjacent to an activating group) is 1. The molecule has 126 valence electrons. The van der Waals surface area contributed by atoms with Crippen molar-refractivity contribution in [2.45, 2.75) is 63.1 Å². The number of carboxylic acids is 1. The third kappa shape index (κ3) is 4.58. The second kappa shape index (κ2) is 7.28. The average molecular weight is 313 g/mol. The Bertz CT molecular complexity index is 404. The number of amides is 2. The van der Waals surface area contributed by atoms with Crippen LogP contribution in [0.25, 0.3) is 0 Å². The molecule has 0 unspecified atom stereocenters. The van der Waals surface area contributed by atoms with Gasteiger partial charge in [0.15, 0.2) is 0 Å². The van der Waals surface area contributed by atoms with Crippen LogP contribution in [0.5, 0.6) is 0 Å². The summed E-state index contributed by atoms with van der Waals surface area (Å²) in [5, 5.41) is 24.7. The fraction of sp³-hybridized carbons (Fsp3) is 0.867. The molecule has 4 N–H and O–H groups in total. The largest absolute Gasteiger partial charge is 0.480 e. The minimum atomic E-state index is -0.819. The first-order chi connectivity index (χ1) is 10.4. The van der Waals surface area contributed by atoms with Gasteiger partial charge >= 0.3 is 12.0 Å². The highest BCUT2D eigenvalue weighted by molar-refractivity contribution is 5.74. The summed E-state index contributed by atoms with van der Waals surface area (Å²) in [6.07, 6.45) is 5.08. The predicted molar refractivity (Wildman–Crippen MR) is 81.6 cm³/mol. The molecule has 22 heavy (non-hydrogen) atoms. The van der Waals surface area contributed by atoms with Crippen molar-refractivity contribution in [3.63, 3.8) is 0 Å². The lowest BCUT2D eigenvalue weighted by Crippen LogP contribution is -2.57. The quantitative estimate of drug-likeness (QED) is 0.549. The van der Waals surface area contributed by atoms with Crippen LogP contribution < -0.4 is 10.6 Å². The lowest BCUT2D eigenvalue weighted by atomic mass is 9.85. The molecule has 2 saturated carbocycles. The van der Waals surface area contributed by atoms with Gasteiger partial charge in [-0.1, -0.05) is 19.8 Å². The Morgan fingerprint density at radius 3 is 2.45 bits per heavy atom. The zero-order valence-electron chi connectivity index (χ0n) is 13.2. The van der Waals surface area contributed by atoms with Crippen molar-refractivity contribution in [3.05, 3.63) is 0 Å². The summed E-state index contributed by atoms with van der Waals surface area (Å²) in [5.74, 6) is -0.819. The topological polar surface area (TPSA) is 102 Å². The van der Waals surface area contributed by atoms with Crippen LogP contribution in [0.15, 0.2) is 0 Å². The Kier molecular flexibility index (Phi) is 5.63. The summed E-state index contributed by atoms with van der Waals surface area (Å²) in [4.78, 5) is 24.5. The van der Waals surface area contributed by atoms with Crippen LogP contribution >= 0.6 is 0 Å². The number of carbonyl (C=O) groups excluding carboxylic acids is 1. The van der Waals surface area contributed by atoms with E-state index < -0.39 is 11.6 Å². The van der Waals surface area contributed by atoms with Crippen molar-refractivity contribution >= 4 is 12.0 Å². The summed E-state index contributed by atoms with van der Waals surface area (Å²) in [6, 6.07) is 0.0709. The molecular formula is C15H27N3O4. The van der Waals surface area contributed by atoms with Crippen molar-refractivity contribution < 1.29 is 19.8 Å². The van der Waals surface area contributed by atoms with Crippen LogP contribution in [0, 0.1) is 0 Å². The minimum absolute atomic E-state index is 0.0487. The molecule has 2 aliphatic rings. The van der Waals surface area contributed by atoms with E-state index in [1.54, 1.807) is 0 Å². The summed E-state index contributed by atoms with van der Waals surface area (Å²) >= 11 is 0. The number of nitrogens with one attached hydrogen (secondary N) is 2. The molecule has 0 aromatic carbocycles. The third-order valence-corrected chi connectivity index (χ3v) is 4.82. The van der Waals surface area contributed by atoms with Gasteiger partial charge in [-0.3, -0.25) is 9.69 Å². The number of hydrogen-bond acceptors (Lipinski definition) is 4. The highest BCUT2D eigenvalue weighted by Crippen LogP contribution is 2.28. The van der Waals surface area contributed by atoms with E-state index in [1.807, 2.05) is 11.8 Å². The summed E-state index contributed by atoms with van der Waals surface area (Å²) in [6.45, 7) is 2.99. The van der Waals surface area contributed by atoms with Gasteiger partial charge in [-0.2, -0.15) is 0 Å². The first-order valence-corrected chi connectivity index (χ1v) is 8.14. The molecule has 0 aromatic rings. The van der Waals surface area contributed by atoms with E-state index in [9.17, 15) is 14.7 Å². The van der Waals surface area contributed by atoms with E-state index in [-0.39, 0.29) is 24.7 Å². The lowest BCUT2D eigenvalue weighted by Gasteiger charge is -2.42. The number of nitrogens with zero attached hydrogens (tertiary/aromatic N) is 1. The van der Waals surface area contributed by atoms with Crippen molar-refractivity contribution in [3.8, 4) is 0 Å². The smallest absolute Gasteiger partial charge is 0.317 e. The second-order valence-corrected chi connectivity index (χ2v) is 6.54. The molecule has 2 fully saturated rings. The zero-order valence-corrected chi connectivity index (χ0v) is 13.2. The molecule has 2 aliphatic carbocycles. The molecule has 0 atom stereocenters. The van der Waals surface area contributed by atoms with Crippen molar-refractivity contribution in [1.82, 2.24) is 15.5 Å². The highest BCUT2D eigenvalue weighted by atomic mass is 16.4. The van der Waals surface area contributed by atoms with Gasteiger partial charge in [0.1, 0.15) is 0 Å². The molecule has 7 heteroatoms. The van der Waals surface area contributed by atoms with Crippen LogP contribution in [0.2, 0.25) is 0 Å². The Morgan fingerprint density at radius 2 is 1.91 bits per heavy atom. The van der Waals surface area contributed by atoms with E-state index in [0.717, 1.165) is 38.5 Å². The minimum Gasteiger partial charge on any atom is -0.480 e. The molecule has 0 heterocycles. The Labute approximate surface area is 131 Å². The molecule has 0 spiro atoms. The Morgan fingerprint density at radius 1 is 1.27 bits per heavy atom. The molecule has 0 radical (unpaired) electrons. The van der Waals surface area contributed by atoms with Gasteiger partial charge in [-0.25, -0.2) is 4.79 Å². The van der Waals surface area contributed by atoms with E-state index in [0.29, 0.717) is 13.1 Å². The highest BCUT2D eigenvalue weighted by Gasteiger charge is 2.35. The second-order valence-electron chi connectivity index (χ2n) is 6.54. The van der Waals surface area contributed by atoms with Crippen LogP contribution in [-0.2, 0) is 4.79 Å². The molecule has 2 rings (SSSR count). The predicted octanol–water partition coefficient (Wildman–Crippen LogP) is 0.528. The molecule has 0 aliphatic heterocycles. The fourth-order valence-corrected chi connectivity index (χ4v) is 3.37. The van der Waals surface area contributed by atoms with Crippen LogP contribution in [0.1, 0.15) is 45.4 Å². The third-order valence-electron chi connectivity index (χ3n) is 4.82. The molecule has 0 saturated heterocycles. The normalized spacial score (nSPS) is 26.5. The van der Waals surface area contributed by atoms with Gasteiger partial charge in [-0.05, 0) is 32.2 Å². The van der Waals surface area contributed by atoms with Crippen molar-refractivity contribution in [2.24, 2.45) is 0 Å². The van der Waals surface area contributed by atoms with Gasteiger partial charge in [0, 0.05) is 18.6 Å². The summed E-state index contributed by atoms with van der Waals surface area (Å²) in [7, 11) is 0. The van der Waals surface area contributed by atoms with E-state index in [2.05, 4.69) is 10.6 Å². The molecule has 0 aromatic heterocycles. The number of rotatable bonds is 7. The Hall–Kier alpha value is -1.34. The van der Waals surface area contributed by atoms with E-state index in [4.69, 9.17) is 5.11 Å². The maximum Gasteiger partial charge on any atom is 0.317 e.